The molecule has 0 aliphatic rings. The van der Waals surface area contributed by atoms with Gasteiger partial charge in [0.05, 0.1) is 12.2 Å². The zero-order valence-electron chi connectivity index (χ0n) is 9.41. The molecule has 0 aromatic carbocycles. The number of aliphatic hydroxyl groups is 2. The molecule has 0 spiro atoms. The van der Waals surface area contributed by atoms with Gasteiger partial charge in [-0.2, -0.15) is 0 Å². The lowest BCUT2D eigenvalue weighted by molar-refractivity contribution is 0.138. The van der Waals surface area contributed by atoms with Crippen LogP contribution in [0.3, 0.4) is 0 Å². The van der Waals surface area contributed by atoms with Crippen molar-refractivity contribution in [2.45, 2.75) is 70.5 Å². The van der Waals surface area contributed by atoms with E-state index in [1.165, 1.54) is 19.3 Å². The molecule has 0 aliphatic heterocycles. The summed E-state index contributed by atoms with van der Waals surface area (Å²) in [6, 6.07) is 0. The fourth-order valence-corrected chi connectivity index (χ4v) is 1.54. The van der Waals surface area contributed by atoms with Crippen molar-refractivity contribution >= 4 is 0 Å². The van der Waals surface area contributed by atoms with E-state index in [4.69, 9.17) is 5.11 Å². The number of unbranched alkanes of at least 4 members (excludes halogenated alkanes) is 3. The van der Waals surface area contributed by atoms with Gasteiger partial charge in [0.25, 0.3) is 0 Å². The van der Waals surface area contributed by atoms with Crippen molar-refractivity contribution < 1.29 is 10.2 Å². The SMILES string of the molecule is [CH2]C(O)CCCC(O)CCCCCC. The van der Waals surface area contributed by atoms with E-state index in [0.717, 1.165) is 25.7 Å². The van der Waals surface area contributed by atoms with E-state index in [1.54, 1.807) is 0 Å². The minimum Gasteiger partial charge on any atom is -0.393 e. The summed E-state index contributed by atoms with van der Waals surface area (Å²) in [5.41, 5.74) is 0. The Morgan fingerprint density at radius 3 is 2.14 bits per heavy atom. The number of rotatable bonds is 9. The topological polar surface area (TPSA) is 40.5 Å². The van der Waals surface area contributed by atoms with E-state index >= 15 is 0 Å². The highest BCUT2D eigenvalue weighted by Gasteiger charge is 2.04. The Morgan fingerprint density at radius 1 is 0.929 bits per heavy atom. The summed E-state index contributed by atoms with van der Waals surface area (Å²) >= 11 is 0. The molecule has 0 aliphatic carbocycles. The third-order valence-electron chi connectivity index (χ3n) is 2.47. The van der Waals surface area contributed by atoms with E-state index in [-0.39, 0.29) is 6.10 Å². The Hall–Kier alpha value is -0.0800. The third-order valence-corrected chi connectivity index (χ3v) is 2.47. The lowest BCUT2D eigenvalue weighted by atomic mass is 10.0. The first kappa shape index (κ1) is 13.9. The van der Waals surface area contributed by atoms with Gasteiger partial charge in [0.2, 0.25) is 0 Å². The Morgan fingerprint density at radius 2 is 1.57 bits per heavy atom. The standard InChI is InChI=1S/C12H25O2/c1-3-4-5-6-9-12(14)10-7-8-11(2)13/h11-14H,2-10H2,1H3. The first-order chi connectivity index (χ1) is 6.66. The molecule has 2 atom stereocenters. The second-order valence-corrected chi connectivity index (χ2v) is 4.09. The molecule has 0 aromatic rings. The molecule has 0 amide bonds. The molecule has 85 valence electrons. The van der Waals surface area contributed by atoms with Gasteiger partial charge in [-0.1, -0.05) is 32.6 Å². The predicted octanol–water partition coefficient (Wildman–Crippen LogP) is 2.68. The average Bonchev–Trinajstić information content (AvgIpc) is 2.12. The van der Waals surface area contributed by atoms with Gasteiger partial charge in [0.15, 0.2) is 0 Å². The van der Waals surface area contributed by atoms with Crippen LogP contribution in [0, 0.1) is 6.92 Å². The normalized spacial score (nSPS) is 15.4. The van der Waals surface area contributed by atoms with E-state index < -0.39 is 6.10 Å². The van der Waals surface area contributed by atoms with Gasteiger partial charge in [-0.15, -0.1) is 0 Å². The van der Waals surface area contributed by atoms with Crippen LogP contribution in [-0.4, -0.2) is 22.4 Å². The fourth-order valence-electron chi connectivity index (χ4n) is 1.54. The van der Waals surface area contributed by atoms with Crippen molar-refractivity contribution in [1.82, 2.24) is 0 Å². The summed E-state index contributed by atoms with van der Waals surface area (Å²) in [4.78, 5) is 0. The van der Waals surface area contributed by atoms with Crippen molar-refractivity contribution in [1.29, 1.82) is 0 Å². The molecule has 0 saturated heterocycles. The van der Waals surface area contributed by atoms with Crippen LogP contribution in [0.5, 0.6) is 0 Å². The monoisotopic (exact) mass is 201 g/mol. The summed E-state index contributed by atoms with van der Waals surface area (Å²) in [6.07, 6.45) is 7.51. The van der Waals surface area contributed by atoms with Crippen LogP contribution in [0.1, 0.15) is 58.3 Å². The van der Waals surface area contributed by atoms with E-state index in [9.17, 15) is 5.11 Å². The molecule has 14 heavy (non-hydrogen) atoms. The molecular weight excluding hydrogens is 176 g/mol. The minimum absolute atomic E-state index is 0.175. The van der Waals surface area contributed by atoms with Gasteiger partial charge < -0.3 is 10.2 Å². The maximum absolute atomic E-state index is 9.56. The van der Waals surface area contributed by atoms with Gasteiger partial charge >= 0.3 is 0 Å². The zero-order valence-corrected chi connectivity index (χ0v) is 9.41. The van der Waals surface area contributed by atoms with E-state index in [1.807, 2.05) is 0 Å². The van der Waals surface area contributed by atoms with Crippen molar-refractivity contribution in [3.63, 3.8) is 0 Å². The Bertz CT molecular complexity index is 113. The molecule has 0 fully saturated rings. The molecule has 2 nitrogen and oxygen atoms in total. The van der Waals surface area contributed by atoms with Crippen molar-refractivity contribution in [2.75, 3.05) is 0 Å². The molecule has 2 heteroatoms. The van der Waals surface area contributed by atoms with Gasteiger partial charge in [0.1, 0.15) is 0 Å². The summed E-state index contributed by atoms with van der Waals surface area (Å²) in [6.45, 7) is 5.68. The van der Waals surface area contributed by atoms with Crippen LogP contribution in [0.15, 0.2) is 0 Å². The molecule has 0 heterocycles. The molecule has 2 unspecified atom stereocenters. The van der Waals surface area contributed by atoms with Crippen molar-refractivity contribution in [2.24, 2.45) is 0 Å². The van der Waals surface area contributed by atoms with Gasteiger partial charge in [-0.25, -0.2) is 0 Å². The van der Waals surface area contributed by atoms with Gasteiger partial charge in [-0.3, -0.25) is 0 Å². The minimum atomic E-state index is -0.470. The van der Waals surface area contributed by atoms with Crippen molar-refractivity contribution in [3.05, 3.63) is 6.92 Å². The van der Waals surface area contributed by atoms with Crippen molar-refractivity contribution in [3.8, 4) is 0 Å². The van der Waals surface area contributed by atoms with Crippen LogP contribution in [0.2, 0.25) is 0 Å². The lowest BCUT2D eigenvalue weighted by Gasteiger charge is -2.10. The Labute approximate surface area is 88.3 Å². The second-order valence-electron chi connectivity index (χ2n) is 4.09. The number of aliphatic hydroxyl groups excluding tert-OH is 2. The highest BCUT2D eigenvalue weighted by atomic mass is 16.3. The largest absolute Gasteiger partial charge is 0.393 e. The Balaban J connectivity index is 3.15. The summed E-state index contributed by atoms with van der Waals surface area (Å²) in [5, 5.41) is 18.5. The molecule has 0 bridgehead atoms. The van der Waals surface area contributed by atoms with Crippen LogP contribution < -0.4 is 0 Å². The second kappa shape index (κ2) is 9.47. The number of hydrogen-bond acceptors (Lipinski definition) is 2. The Kier molecular flexibility index (Phi) is 9.42. The molecule has 2 N–H and O–H groups in total. The van der Waals surface area contributed by atoms with Crippen LogP contribution in [-0.2, 0) is 0 Å². The average molecular weight is 201 g/mol. The van der Waals surface area contributed by atoms with Crippen LogP contribution in [0.25, 0.3) is 0 Å². The van der Waals surface area contributed by atoms with Crippen LogP contribution in [0.4, 0.5) is 0 Å². The molecule has 0 rings (SSSR count). The first-order valence-electron chi connectivity index (χ1n) is 5.86. The fraction of sp³-hybridized carbons (Fsp3) is 0.917. The predicted molar refractivity (Wildman–Crippen MR) is 60.0 cm³/mol. The highest BCUT2D eigenvalue weighted by molar-refractivity contribution is 4.61. The highest BCUT2D eigenvalue weighted by Crippen LogP contribution is 2.11. The molecule has 0 saturated carbocycles. The van der Waals surface area contributed by atoms with Gasteiger partial charge in [0, 0.05) is 0 Å². The summed E-state index contributed by atoms with van der Waals surface area (Å²) in [7, 11) is 0. The zero-order chi connectivity index (χ0) is 10.8. The lowest BCUT2D eigenvalue weighted by Crippen LogP contribution is -2.08. The smallest absolute Gasteiger partial charge is 0.0541 e. The summed E-state index contributed by atoms with van der Waals surface area (Å²) < 4.78 is 0. The maximum atomic E-state index is 9.56. The van der Waals surface area contributed by atoms with Crippen LogP contribution >= 0.6 is 0 Å². The quantitative estimate of drug-likeness (QED) is 0.563. The third kappa shape index (κ3) is 10.0. The molecule has 0 aromatic heterocycles. The number of hydrogen-bond donors (Lipinski definition) is 2. The van der Waals surface area contributed by atoms with E-state index in [2.05, 4.69) is 13.8 Å². The maximum Gasteiger partial charge on any atom is 0.0541 e. The first-order valence-corrected chi connectivity index (χ1v) is 5.86. The molecular formula is C12H25O2. The van der Waals surface area contributed by atoms with Gasteiger partial charge in [-0.05, 0) is 32.6 Å². The summed E-state index contributed by atoms with van der Waals surface area (Å²) in [5.74, 6) is 0. The van der Waals surface area contributed by atoms with E-state index in [0.29, 0.717) is 6.42 Å². The molecule has 1 radical (unpaired) electrons.